The second kappa shape index (κ2) is 4.97. The smallest absolute Gasteiger partial charge is 0.183 e. The average Bonchev–Trinajstić information content (AvgIpc) is 2.48. The second-order valence-electron chi connectivity index (χ2n) is 4.23. The number of hydrogen-bond acceptors (Lipinski definition) is 5. The summed E-state index contributed by atoms with van der Waals surface area (Å²) in [6.07, 6.45) is 4.76. The first-order valence-corrected chi connectivity index (χ1v) is 6.08. The third-order valence-corrected chi connectivity index (χ3v) is 2.92. The Morgan fingerprint density at radius 1 is 0.947 bits per heavy atom. The first-order chi connectivity index (χ1) is 9.34. The third kappa shape index (κ3) is 2.35. The van der Waals surface area contributed by atoms with Crippen LogP contribution in [-0.2, 0) is 0 Å². The summed E-state index contributed by atoms with van der Waals surface area (Å²) in [4.78, 5) is 16.8. The molecule has 0 aliphatic heterocycles. The fourth-order valence-electron chi connectivity index (χ4n) is 1.93. The van der Waals surface area contributed by atoms with Crippen molar-refractivity contribution in [1.82, 2.24) is 19.9 Å². The molecule has 94 valence electrons. The Labute approximate surface area is 110 Å². The van der Waals surface area contributed by atoms with Crippen molar-refractivity contribution in [2.75, 3.05) is 5.32 Å². The molecule has 1 unspecified atom stereocenters. The topological polar surface area (TPSA) is 63.6 Å². The largest absolute Gasteiger partial charge is 0.362 e. The van der Waals surface area contributed by atoms with Gasteiger partial charge in [-0.1, -0.05) is 30.3 Å². The fraction of sp³-hybridized carbons (Fsp3) is 0.143. The molecule has 0 spiro atoms. The van der Waals surface area contributed by atoms with E-state index in [2.05, 4.69) is 44.3 Å². The Morgan fingerprint density at radius 3 is 2.58 bits per heavy atom. The molecule has 0 radical (unpaired) electrons. The van der Waals surface area contributed by atoms with E-state index in [0.29, 0.717) is 17.0 Å². The second-order valence-corrected chi connectivity index (χ2v) is 4.23. The van der Waals surface area contributed by atoms with Crippen LogP contribution in [0, 0.1) is 0 Å². The Kier molecular flexibility index (Phi) is 3.02. The lowest BCUT2D eigenvalue weighted by molar-refractivity contribution is 0.874. The van der Waals surface area contributed by atoms with Crippen LogP contribution >= 0.6 is 0 Å². The highest BCUT2D eigenvalue weighted by molar-refractivity contribution is 5.81. The zero-order valence-electron chi connectivity index (χ0n) is 10.5. The van der Waals surface area contributed by atoms with E-state index in [0.717, 1.165) is 0 Å². The fourth-order valence-corrected chi connectivity index (χ4v) is 1.93. The first kappa shape index (κ1) is 11.5. The van der Waals surface area contributed by atoms with Crippen LogP contribution in [0.25, 0.3) is 11.2 Å². The normalized spacial score (nSPS) is 12.3. The van der Waals surface area contributed by atoms with E-state index in [1.54, 1.807) is 12.4 Å². The molecule has 2 aromatic heterocycles. The number of hydrogen-bond donors (Lipinski definition) is 1. The van der Waals surface area contributed by atoms with Gasteiger partial charge in [0.15, 0.2) is 11.5 Å². The summed E-state index contributed by atoms with van der Waals surface area (Å²) in [7, 11) is 0. The number of nitrogens with one attached hydrogen (secondary N) is 1. The molecule has 1 N–H and O–H groups in total. The molecular weight excluding hydrogens is 238 g/mol. The van der Waals surface area contributed by atoms with Crippen LogP contribution < -0.4 is 5.32 Å². The zero-order chi connectivity index (χ0) is 13.1. The first-order valence-electron chi connectivity index (χ1n) is 6.08. The molecule has 0 aliphatic carbocycles. The average molecular weight is 251 g/mol. The Hall–Kier alpha value is -2.56. The van der Waals surface area contributed by atoms with Gasteiger partial charge in [-0.15, -0.1) is 0 Å². The van der Waals surface area contributed by atoms with E-state index in [1.165, 1.54) is 11.9 Å². The van der Waals surface area contributed by atoms with Gasteiger partial charge in [-0.05, 0) is 12.5 Å². The predicted octanol–water partition coefficient (Wildman–Crippen LogP) is 2.59. The minimum absolute atomic E-state index is 0.140. The summed E-state index contributed by atoms with van der Waals surface area (Å²) in [5.74, 6) is 0.703. The summed E-state index contributed by atoms with van der Waals surface area (Å²) in [6.45, 7) is 2.08. The monoisotopic (exact) mass is 251 g/mol. The molecule has 1 atom stereocenters. The maximum absolute atomic E-state index is 4.28. The number of benzene rings is 1. The number of anilines is 1. The van der Waals surface area contributed by atoms with Gasteiger partial charge in [0.05, 0.1) is 6.04 Å². The van der Waals surface area contributed by atoms with Gasteiger partial charge in [0.2, 0.25) is 0 Å². The summed E-state index contributed by atoms with van der Waals surface area (Å²) in [5.41, 5.74) is 2.48. The molecule has 1 aromatic carbocycles. The van der Waals surface area contributed by atoms with E-state index >= 15 is 0 Å². The van der Waals surface area contributed by atoms with E-state index in [9.17, 15) is 0 Å². The highest BCUT2D eigenvalue weighted by Crippen LogP contribution is 2.21. The molecule has 3 rings (SSSR count). The maximum Gasteiger partial charge on any atom is 0.183 e. The van der Waals surface area contributed by atoms with Gasteiger partial charge in [-0.25, -0.2) is 19.9 Å². The Bertz CT molecular complexity index is 678. The van der Waals surface area contributed by atoms with E-state index in [4.69, 9.17) is 0 Å². The summed E-state index contributed by atoms with van der Waals surface area (Å²) < 4.78 is 0. The van der Waals surface area contributed by atoms with Crippen LogP contribution in [0.3, 0.4) is 0 Å². The van der Waals surface area contributed by atoms with Gasteiger partial charge < -0.3 is 5.32 Å². The van der Waals surface area contributed by atoms with Crippen LogP contribution in [0.4, 0.5) is 5.82 Å². The van der Waals surface area contributed by atoms with Crippen LogP contribution in [0.5, 0.6) is 0 Å². The standard InChI is InChI=1S/C14H13N5/c1-10(11-5-3-2-4-6-11)19-14-12-13(17-9-18-14)16-8-7-15-12/h2-10H,1H3,(H,16,17,18,19). The van der Waals surface area contributed by atoms with Gasteiger partial charge in [0.25, 0.3) is 0 Å². The van der Waals surface area contributed by atoms with Crippen molar-refractivity contribution in [3.8, 4) is 0 Å². The maximum atomic E-state index is 4.28. The van der Waals surface area contributed by atoms with Gasteiger partial charge >= 0.3 is 0 Å². The van der Waals surface area contributed by atoms with Crippen molar-refractivity contribution < 1.29 is 0 Å². The van der Waals surface area contributed by atoms with Gasteiger partial charge in [0.1, 0.15) is 11.8 Å². The molecule has 0 aliphatic rings. The third-order valence-electron chi connectivity index (χ3n) is 2.92. The Balaban J connectivity index is 1.94. The van der Waals surface area contributed by atoms with Crippen LogP contribution in [0.2, 0.25) is 0 Å². The lowest BCUT2D eigenvalue weighted by Crippen LogP contribution is -2.09. The zero-order valence-corrected chi connectivity index (χ0v) is 10.5. The van der Waals surface area contributed by atoms with E-state index < -0.39 is 0 Å². The lowest BCUT2D eigenvalue weighted by atomic mass is 10.1. The van der Waals surface area contributed by atoms with Crippen LogP contribution in [0.1, 0.15) is 18.5 Å². The van der Waals surface area contributed by atoms with Gasteiger partial charge in [-0.3, -0.25) is 0 Å². The van der Waals surface area contributed by atoms with Crippen LogP contribution in [0.15, 0.2) is 49.1 Å². The Morgan fingerprint density at radius 2 is 1.74 bits per heavy atom. The molecule has 5 heteroatoms. The van der Waals surface area contributed by atoms with E-state index in [-0.39, 0.29) is 6.04 Å². The molecule has 3 aromatic rings. The SMILES string of the molecule is CC(Nc1ncnc2nccnc12)c1ccccc1. The minimum atomic E-state index is 0.140. The molecule has 0 fully saturated rings. The van der Waals surface area contributed by atoms with Crippen molar-refractivity contribution in [3.05, 3.63) is 54.6 Å². The summed E-state index contributed by atoms with van der Waals surface area (Å²) in [5, 5.41) is 3.35. The predicted molar refractivity (Wildman–Crippen MR) is 73.6 cm³/mol. The molecule has 0 saturated carbocycles. The molecule has 0 amide bonds. The highest BCUT2D eigenvalue weighted by Gasteiger charge is 2.09. The minimum Gasteiger partial charge on any atom is -0.362 e. The van der Waals surface area contributed by atoms with Gasteiger partial charge in [0, 0.05) is 12.4 Å². The van der Waals surface area contributed by atoms with Crippen LogP contribution in [-0.4, -0.2) is 19.9 Å². The lowest BCUT2D eigenvalue weighted by Gasteiger charge is -2.15. The number of rotatable bonds is 3. The molecule has 0 saturated heterocycles. The van der Waals surface area contributed by atoms with Crippen molar-refractivity contribution in [2.45, 2.75) is 13.0 Å². The number of nitrogens with zero attached hydrogens (tertiary/aromatic N) is 4. The van der Waals surface area contributed by atoms with Crippen molar-refractivity contribution in [3.63, 3.8) is 0 Å². The quantitative estimate of drug-likeness (QED) is 0.775. The number of fused-ring (bicyclic) bond motifs is 1. The summed E-state index contributed by atoms with van der Waals surface area (Å²) >= 11 is 0. The van der Waals surface area contributed by atoms with Gasteiger partial charge in [-0.2, -0.15) is 0 Å². The summed E-state index contributed by atoms with van der Waals surface area (Å²) in [6, 6.07) is 10.3. The van der Waals surface area contributed by atoms with E-state index in [1.807, 2.05) is 18.2 Å². The molecule has 5 nitrogen and oxygen atoms in total. The molecule has 0 bridgehead atoms. The molecule has 19 heavy (non-hydrogen) atoms. The van der Waals surface area contributed by atoms with Crippen molar-refractivity contribution in [1.29, 1.82) is 0 Å². The highest BCUT2D eigenvalue weighted by atomic mass is 15.1. The van der Waals surface area contributed by atoms with Crippen molar-refractivity contribution >= 4 is 17.0 Å². The molecular formula is C14H13N5. The number of aromatic nitrogens is 4. The van der Waals surface area contributed by atoms with Crippen molar-refractivity contribution in [2.24, 2.45) is 0 Å². The molecule has 2 heterocycles.